The molecule has 6 heteroatoms. The lowest BCUT2D eigenvalue weighted by Crippen LogP contribution is -2.45. The van der Waals surface area contributed by atoms with E-state index in [2.05, 4.69) is 10.6 Å². The van der Waals surface area contributed by atoms with Gasteiger partial charge in [0.25, 0.3) is 0 Å². The van der Waals surface area contributed by atoms with Crippen molar-refractivity contribution in [1.82, 2.24) is 10.6 Å². The molecular weight excluding hydrogens is 304 g/mol. The SMILES string of the molecule is Cc1ccccc1OCCC(=O)NC[C@@H]1CCNC[C@H]1O.Cl. The molecule has 2 atom stereocenters. The summed E-state index contributed by atoms with van der Waals surface area (Å²) in [7, 11) is 0. The van der Waals surface area contributed by atoms with Crippen LogP contribution in [0.4, 0.5) is 0 Å². The van der Waals surface area contributed by atoms with Gasteiger partial charge in [0, 0.05) is 19.0 Å². The van der Waals surface area contributed by atoms with Crippen LogP contribution in [0.1, 0.15) is 18.4 Å². The molecule has 1 aromatic rings. The largest absolute Gasteiger partial charge is 0.493 e. The average molecular weight is 329 g/mol. The molecule has 2 rings (SSSR count). The Morgan fingerprint density at radius 2 is 2.23 bits per heavy atom. The van der Waals surface area contributed by atoms with E-state index in [0.29, 0.717) is 26.1 Å². The third-order valence-corrected chi connectivity index (χ3v) is 3.83. The Labute approximate surface area is 137 Å². The van der Waals surface area contributed by atoms with Crippen LogP contribution in [0, 0.1) is 12.8 Å². The van der Waals surface area contributed by atoms with Crippen LogP contribution in [0.25, 0.3) is 0 Å². The van der Waals surface area contributed by atoms with Crippen molar-refractivity contribution in [3.05, 3.63) is 29.8 Å². The van der Waals surface area contributed by atoms with E-state index in [1.165, 1.54) is 0 Å². The number of aryl methyl sites for hydroxylation is 1. The summed E-state index contributed by atoms with van der Waals surface area (Å²) < 4.78 is 5.60. The number of benzene rings is 1. The van der Waals surface area contributed by atoms with Gasteiger partial charge >= 0.3 is 0 Å². The van der Waals surface area contributed by atoms with Crippen LogP contribution in [0.5, 0.6) is 5.75 Å². The second-order valence-corrected chi connectivity index (χ2v) is 5.49. The molecule has 3 N–H and O–H groups in total. The summed E-state index contributed by atoms with van der Waals surface area (Å²) in [6.45, 7) is 4.39. The Balaban J connectivity index is 0.00000242. The van der Waals surface area contributed by atoms with Crippen LogP contribution < -0.4 is 15.4 Å². The summed E-state index contributed by atoms with van der Waals surface area (Å²) in [5.74, 6) is 0.931. The number of carbonyl (C=O) groups excluding carboxylic acids is 1. The average Bonchev–Trinajstić information content (AvgIpc) is 2.48. The molecule has 1 amide bonds. The Hall–Kier alpha value is -1.30. The standard InChI is InChI=1S/C16H24N2O3.ClH/c1-12-4-2-3-5-15(12)21-9-7-16(20)18-10-13-6-8-17-11-14(13)19;/h2-5,13-14,17,19H,6-11H2,1H3,(H,18,20);1H/t13-,14+;/m0./s1. The molecule has 0 radical (unpaired) electrons. The number of β-amino-alcohol motifs (C(OH)–C–C–N with tert-alkyl or cyclic N) is 1. The van der Waals surface area contributed by atoms with Gasteiger partial charge in [-0.1, -0.05) is 18.2 Å². The highest BCUT2D eigenvalue weighted by molar-refractivity contribution is 5.85. The van der Waals surface area contributed by atoms with Crippen LogP contribution in [0.2, 0.25) is 0 Å². The molecule has 1 aromatic carbocycles. The Bertz CT molecular complexity index is 470. The predicted octanol–water partition coefficient (Wildman–Crippen LogP) is 1.27. The number of aliphatic hydroxyl groups excluding tert-OH is 1. The summed E-state index contributed by atoms with van der Waals surface area (Å²) in [6.07, 6.45) is 0.846. The first-order valence-corrected chi connectivity index (χ1v) is 7.50. The molecular formula is C16H25ClN2O3. The lowest BCUT2D eigenvalue weighted by Gasteiger charge is -2.28. The van der Waals surface area contributed by atoms with E-state index in [4.69, 9.17) is 4.74 Å². The zero-order chi connectivity index (χ0) is 15.1. The zero-order valence-electron chi connectivity index (χ0n) is 12.9. The van der Waals surface area contributed by atoms with E-state index < -0.39 is 0 Å². The van der Waals surface area contributed by atoms with E-state index in [-0.39, 0.29) is 30.3 Å². The van der Waals surface area contributed by atoms with Crippen molar-refractivity contribution in [2.75, 3.05) is 26.2 Å². The van der Waals surface area contributed by atoms with Gasteiger partial charge in [0.15, 0.2) is 0 Å². The molecule has 1 aliphatic rings. The quantitative estimate of drug-likeness (QED) is 0.735. The van der Waals surface area contributed by atoms with Gasteiger partial charge in [-0.05, 0) is 31.5 Å². The zero-order valence-corrected chi connectivity index (χ0v) is 13.7. The second kappa shape index (κ2) is 9.66. The van der Waals surface area contributed by atoms with Crippen molar-refractivity contribution in [2.45, 2.75) is 25.9 Å². The number of amides is 1. The van der Waals surface area contributed by atoms with E-state index >= 15 is 0 Å². The topological polar surface area (TPSA) is 70.6 Å². The van der Waals surface area contributed by atoms with Gasteiger partial charge in [0.2, 0.25) is 5.91 Å². The maximum Gasteiger partial charge on any atom is 0.223 e. The number of halogens is 1. The third kappa shape index (κ3) is 5.83. The fraction of sp³-hybridized carbons (Fsp3) is 0.562. The summed E-state index contributed by atoms with van der Waals surface area (Å²) in [4.78, 5) is 11.8. The minimum Gasteiger partial charge on any atom is -0.493 e. The highest BCUT2D eigenvalue weighted by Crippen LogP contribution is 2.16. The minimum atomic E-state index is -0.373. The molecule has 0 aromatic heterocycles. The number of rotatable bonds is 6. The van der Waals surface area contributed by atoms with Crippen LogP contribution in [0.15, 0.2) is 24.3 Å². The summed E-state index contributed by atoms with van der Waals surface area (Å²) in [5, 5.41) is 15.8. The number of hydrogen-bond donors (Lipinski definition) is 3. The van der Waals surface area contributed by atoms with Crippen molar-refractivity contribution < 1.29 is 14.6 Å². The molecule has 1 fully saturated rings. The fourth-order valence-electron chi connectivity index (χ4n) is 2.44. The first-order chi connectivity index (χ1) is 10.2. The van der Waals surface area contributed by atoms with E-state index in [1.807, 2.05) is 31.2 Å². The van der Waals surface area contributed by atoms with Crippen molar-refractivity contribution in [3.63, 3.8) is 0 Å². The smallest absolute Gasteiger partial charge is 0.223 e. The van der Waals surface area contributed by atoms with Crippen LogP contribution in [-0.2, 0) is 4.79 Å². The first-order valence-electron chi connectivity index (χ1n) is 7.50. The van der Waals surface area contributed by atoms with Crippen molar-refractivity contribution in [1.29, 1.82) is 0 Å². The Morgan fingerprint density at radius 1 is 1.45 bits per heavy atom. The highest BCUT2D eigenvalue weighted by atomic mass is 35.5. The molecule has 1 heterocycles. The van der Waals surface area contributed by atoms with Gasteiger partial charge in [0.05, 0.1) is 19.1 Å². The van der Waals surface area contributed by atoms with Gasteiger partial charge < -0.3 is 20.5 Å². The number of ether oxygens (including phenoxy) is 1. The summed E-state index contributed by atoms with van der Waals surface area (Å²) >= 11 is 0. The van der Waals surface area contributed by atoms with E-state index in [1.54, 1.807) is 0 Å². The molecule has 5 nitrogen and oxygen atoms in total. The Kier molecular flexibility index (Phi) is 8.24. The molecule has 0 unspecified atom stereocenters. The fourth-order valence-corrected chi connectivity index (χ4v) is 2.44. The monoisotopic (exact) mass is 328 g/mol. The second-order valence-electron chi connectivity index (χ2n) is 5.49. The summed E-state index contributed by atoms with van der Waals surface area (Å²) in [6, 6.07) is 7.76. The predicted molar refractivity (Wildman–Crippen MR) is 88.5 cm³/mol. The number of hydrogen-bond acceptors (Lipinski definition) is 4. The number of para-hydroxylation sites is 1. The molecule has 1 saturated heterocycles. The number of carbonyl (C=O) groups is 1. The lowest BCUT2D eigenvalue weighted by molar-refractivity contribution is -0.122. The Morgan fingerprint density at radius 3 is 2.95 bits per heavy atom. The molecule has 0 spiro atoms. The van der Waals surface area contributed by atoms with Crippen LogP contribution in [0.3, 0.4) is 0 Å². The normalized spacial score (nSPS) is 20.8. The van der Waals surface area contributed by atoms with Gasteiger partial charge in [-0.3, -0.25) is 4.79 Å². The minimum absolute atomic E-state index is 0. The van der Waals surface area contributed by atoms with Gasteiger partial charge in [-0.25, -0.2) is 0 Å². The van der Waals surface area contributed by atoms with E-state index in [9.17, 15) is 9.90 Å². The van der Waals surface area contributed by atoms with Crippen LogP contribution in [-0.4, -0.2) is 43.4 Å². The maximum absolute atomic E-state index is 11.8. The highest BCUT2D eigenvalue weighted by Gasteiger charge is 2.22. The van der Waals surface area contributed by atoms with Crippen molar-refractivity contribution in [2.24, 2.45) is 5.92 Å². The summed E-state index contributed by atoms with van der Waals surface area (Å²) in [5.41, 5.74) is 1.07. The lowest BCUT2D eigenvalue weighted by atomic mass is 9.95. The molecule has 1 aliphatic heterocycles. The molecule has 124 valence electrons. The van der Waals surface area contributed by atoms with Crippen molar-refractivity contribution in [3.8, 4) is 5.75 Å². The molecule has 0 bridgehead atoms. The van der Waals surface area contributed by atoms with Gasteiger partial charge in [0.1, 0.15) is 5.75 Å². The first kappa shape index (κ1) is 18.7. The van der Waals surface area contributed by atoms with Crippen molar-refractivity contribution >= 4 is 18.3 Å². The molecule has 22 heavy (non-hydrogen) atoms. The number of aliphatic hydroxyl groups is 1. The maximum atomic E-state index is 11.8. The number of piperidine rings is 1. The van der Waals surface area contributed by atoms with Crippen LogP contribution >= 0.6 is 12.4 Å². The molecule has 0 saturated carbocycles. The third-order valence-electron chi connectivity index (χ3n) is 3.83. The number of nitrogens with one attached hydrogen (secondary N) is 2. The van der Waals surface area contributed by atoms with Gasteiger partial charge in [-0.15, -0.1) is 12.4 Å². The molecule has 0 aliphatic carbocycles. The van der Waals surface area contributed by atoms with Gasteiger partial charge in [-0.2, -0.15) is 0 Å². The van der Waals surface area contributed by atoms with E-state index in [0.717, 1.165) is 24.3 Å².